The van der Waals surface area contributed by atoms with E-state index in [1.807, 2.05) is 13.8 Å². The number of ketones is 1. The average Bonchev–Trinajstić information content (AvgIpc) is 2.61. The minimum absolute atomic E-state index is 0.00115. The number of ether oxygens (including phenoxy) is 1. The molecule has 1 saturated heterocycles. The molecule has 4 nitrogen and oxygen atoms in total. The van der Waals surface area contributed by atoms with Crippen molar-refractivity contribution in [1.29, 1.82) is 0 Å². The molecule has 0 radical (unpaired) electrons. The van der Waals surface area contributed by atoms with Gasteiger partial charge in [0.2, 0.25) is 0 Å². The zero-order valence-electron chi connectivity index (χ0n) is 11.2. The Hall–Kier alpha value is -0.710. The fourth-order valence-corrected chi connectivity index (χ4v) is 2.89. The number of rotatable bonds is 2. The van der Waals surface area contributed by atoms with Gasteiger partial charge in [-0.25, -0.2) is 0 Å². The molecule has 0 aromatic carbocycles. The SMILES string of the molecule is C=C1[C@H](C(=O)C(C)C)O[C@@H]2[C@H]1CC[C@@](C)(O)[C@H]2O. The van der Waals surface area contributed by atoms with Crippen molar-refractivity contribution in [3.63, 3.8) is 0 Å². The molecule has 1 saturated carbocycles. The maximum atomic E-state index is 12.0. The number of Topliss-reactive ketones (excluding diaryl/α,β-unsaturated/α-hetero) is 1. The molecule has 4 heteroatoms. The monoisotopic (exact) mass is 254 g/mol. The summed E-state index contributed by atoms with van der Waals surface area (Å²) in [4.78, 5) is 12.0. The molecule has 2 aliphatic rings. The van der Waals surface area contributed by atoms with E-state index in [-0.39, 0.29) is 17.6 Å². The second-order valence-electron chi connectivity index (χ2n) is 6.06. The van der Waals surface area contributed by atoms with E-state index in [1.165, 1.54) is 0 Å². The molecule has 1 aliphatic carbocycles. The molecule has 5 atom stereocenters. The average molecular weight is 254 g/mol. The van der Waals surface area contributed by atoms with Gasteiger partial charge in [0, 0.05) is 11.8 Å². The molecule has 18 heavy (non-hydrogen) atoms. The number of aliphatic hydroxyl groups is 2. The third-order valence-electron chi connectivity index (χ3n) is 4.24. The van der Waals surface area contributed by atoms with Crippen LogP contribution in [-0.2, 0) is 9.53 Å². The van der Waals surface area contributed by atoms with Gasteiger partial charge in [0.25, 0.3) is 0 Å². The van der Waals surface area contributed by atoms with Gasteiger partial charge in [0.15, 0.2) is 5.78 Å². The van der Waals surface area contributed by atoms with E-state index in [4.69, 9.17) is 4.74 Å². The smallest absolute Gasteiger partial charge is 0.168 e. The summed E-state index contributed by atoms with van der Waals surface area (Å²) in [5.41, 5.74) is -0.384. The van der Waals surface area contributed by atoms with Crippen LogP contribution in [-0.4, -0.2) is 39.9 Å². The summed E-state index contributed by atoms with van der Waals surface area (Å²) in [6.45, 7) is 9.23. The van der Waals surface area contributed by atoms with Crippen molar-refractivity contribution >= 4 is 5.78 Å². The third kappa shape index (κ3) is 2.02. The Bertz CT molecular complexity index is 372. The highest BCUT2D eigenvalue weighted by Crippen LogP contribution is 2.44. The highest BCUT2D eigenvalue weighted by molar-refractivity contribution is 5.88. The number of fused-ring (bicyclic) bond motifs is 1. The Labute approximate surface area is 108 Å². The van der Waals surface area contributed by atoms with Crippen molar-refractivity contribution in [2.24, 2.45) is 11.8 Å². The largest absolute Gasteiger partial charge is 0.387 e. The number of hydrogen-bond donors (Lipinski definition) is 2. The number of carbonyl (C=O) groups is 1. The number of hydrogen-bond acceptors (Lipinski definition) is 4. The quantitative estimate of drug-likeness (QED) is 0.723. The molecular formula is C14H22O4. The lowest BCUT2D eigenvalue weighted by Crippen LogP contribution is -2.53. The van der Waals surface area contributed by atoms with Crippen molar-refractivity contribution in [2.45, 2.75) is 57.5 Å². The minimum atomic E-state index is -1.14. The van der Waals surface area contributed by atoms with E-state index >= 15 is 0 Å². The summed E-state index contributed by atoms with van der Waals surface area (Å²) in [6.07, 6.45) is -0.883. The minimum Gasteiger partial charge on any atom is -0.387 e. The maximum Gasteiger partial charge on any atom is 0.168 e. The van der Waals surface area contributed by atoms with Gasteiger partial charge in [-0.3, -0.25) is 4.79 Å². The van der Waals surface area contributed by atoms with Crippen molar-refractivity contribution in [3.05, 3.63) is 12.2 Å². The molecule has 0 amide bonds. The number of carbonyl (C=O) groups excluding carboxylic acids is 1. The topological polar surface area (TPSA) is 66.8 Å². The van der Waals surface area contributed by atoms with E-state index < -0.39 is 23.9 Å². The van der Waals surface area contributed by atoms with E-state index in [1.54, 1.807) is 6.92 Å². The first-order chi connectivity index (χ1) is 8.25. The van der Waals surface area contributed by atoms with Crippen LogP contribution in [0.5, 0.6) is 0 Å². The van der Waals surface area contributed by atoms with Gasteiger partial charge >= 0.3 is 0 Å². The molecule has 0 aromatic rings. The van der Waals surface area contributed by atoms with E-state index in [2.05, 4.69) is 6.58 Å². The molecule has 0 unspecified atom stereocenters. The molecular weight excluding hydrogens is 232 g/mol. The predicted molar refractivity (Wildman–Crippen MR) is 67.0 cm³/mol. The van der Waals surface area contributed by atoms with Crippen LogP contribution in [0, 0.1) is 11.8 Å². The molecule has 0 spiro atoms. The first-order valence-electron chi connectivity index (χ1n) is 6.54. The molecule has 2 rings (SSSR count). The van der Waals surface area contributed by atoms with Crippen LogP contribution in [0.25, 0.3) is 0 Å². The van der Waals surface area contributed by atoms with Crippen LogP contribution in [0.4, 0.5) is 0 Å². The molecule has 1 heterocycles. The Morgan fingerprint density at radius 1 is 1.56 bits per heavy atom. The lowest BCUT2D eigenvalue weighted by Gasteiger charge is -2.40. The fraction of sp³-hybridized carbons (Fsp3) is 0.786. The van der Waals surface area contributed by atoms with Gasteiger partial charge in [-0.2, -0.15) is 0 Å². The van der Waals surface area contributed by atoms with Crippen LogP contribution in [0.15, 0.2) is 12.2 Å². The summed E-state index contributed by atoms with van der Waals surface area (Å²) in [6, 6.07) is 0. The maximum absolute atomic E-state index is 12.0. The Morgan fingerprint density at radius 3 is 2.72 bits per heavy atom. The summed E-state index contributed by atoms with van der Waals surface area (Å²) < 4.78 is 5.69. The molecule has 1 aliphatic heterocycles. The fourth-order valence-electron chi connectivity index (χ4n) is 2.89. The van der Waals surface area contributed by atoms with Gasteiger partial charge in [-0.15, -0.1) is 0 Å². The van der Waals surface area contributed by atoms with Crippen LogP contribution < -0.4 is 0 Å². The summed E-state index contributed by atoms with van der Waals surface area (Å²) in [5.74, 6) is -0.140. The van der Waals surface area contributed by atoms with Crippen molar-refractivity contribution in [1.82, 2.24) is 0 Å². The first-order valence-corrected chi connectivity index (χ1v) is 6.54. The standard InChI is InChI=1S/C14H22O4/c1-7(2)10(15)11-8(3)9-5-6-14(4,17)13(16)12(9)18-11/h7,9,11-13,16-17H,3,5-6H2,1-2,4H3/t9-,11+,12+,13-,14+/m0/s1. The van der Waals surface area contributed by atoms with E-state index in [0.717, 1.165) is 5.57 Å². The number of aliphatic hydroxyl groups excluding tert-OH is 1. The van der Waals surface area contributed by atoms with Gasteiger partial charge in [0.1, 0.15) is 12.2 Å². The van der Waals surface area contributed by atoms with E-state index in [9.17, 15) is 15.0 Å². The first kappa shape index (κ1) is 13.7. The van der Waals surface area contributed by atoms with Gasteiger partial charge < -0.3 is 14.9 Å². The van der Waals surface area contributed by atoms with Crippen molar-refractivity contribution in [2.75, 3.05) is 0 Å². The molecule has 102 valence electrons. The van der Waals surface area contributed by atoms with Gasteiger partial charge in [0.05, 0.1) is 11.7 Å². The van der Waals surface area contributed by atoms with Crippen molar-refractivity contribution < 1.29 is 19.7 Å². The molecule has 0 bridgehead atoms. The predicted octanol–water partition coefficient (Wildman–Crippen LogP) is 1.06. The zero-order valence-corrected chi connectivity index (χ0v) is 11.2. The highest BCUT2D eigenvalue weighted by Gasteiger charge is 2.53. The van der Waals surface area contributed by atoms with E-state index in [0.29, 0.717) is 12.8 Å². The van der Waals surface area contributed by atoms with Crippen LogP contribution >= 0.6 is 0 Å². The molecule has 2 N–H and O–H groups in total. The summed E-state index contributed by atoms with van der Waals surface area (Å²) in [7, 11) is 0. The highest BCUT2D eigenvalue weighted by atomic mass is 16.5. The third-order valence-corrected chi connectivity index (χ3v) is 4.24. The lowest BCUT2D eigenvalue weighted by atomic mass is 9.73. The van der Waals surface area contributed by atoms with Crippen molar-refractivity contribution in [3.8, 4) is 0 Å². The van der Waals surface area contributed by atoms with Gasteiger partial charge in [-0.1, -0.05) is 20.4 Å². The lowest BCUT2D eigenvalue weighted by molar-refractivity contribution is -0.166. The Kier molecular flexibility index (Phi) is 3.38. The summed E-state index contributed by atoms with van der Waals surface area (Å²) in [5, 5.41) is 20.2. The Morgan fingerprint density at radius 2 is 2.17 bits per heavy atom. The Balaban J connectivity index is 2.20. The molecule has 0 aromatic heterocycles. The second-order valence-corrected chi connectivity index (χ2v) is 6.06. The normalized spacial score (nSPS) is 44.2. The second kappa shape index (κ2) is 4.44. The van der Waals surface area contributed by atoms with Crippen LogP contribution in [0.3, 0.4) is 0 Å². The molecule has 2 fully saturated rings. The van der Waals surface area contributed by atoms with Crippen LogP contribution in [0.1, 0.15) is 33.6 Å². The van der Waals surface area contributed by atoms with Gasteiger partial charge in [-0.05, 0) is 25.3 Å². The van der Waals surface area contributed by atoms with Crippen LogP contribution in [0.2, 0.25) is 0 Å². The zero-order chi connectivity index (χ0) is 13.7. The summed E-state index contributed by atoms with van der Waals surface area (Å²) >= 11 is 0.